The first-order valence-corrected chi connectivity index (χ1v) is 14.4. The van der Waals surface area contributed by atoms with E-state index >= 15 is 0 Å². The SMILES string of the molecule is CCCCCCCCC1(C)c2cc(N=Cc3ccccc3)ccc2C2C=CC(N=Cc3ccccc3)=CC21. The Hall–Kier alpha value is -3.52. The van der Waals surface area contributed by atoms with Crippen LogP contribution in [0.4, 0.5) is 5.69 Å². The van der Waals surface area contributed by atoms with Gasteiger partial charge in [-0.2, -0.15) is 0 Å². The van der Waals surface area contributed by atoms with Crippen LogP contribution in [-0.2, 0) is 5.41 Å². The Labute approximate surface area is 229 Å². The smallest absolute Gasteiger partial charge is 0.0633 e. The van der Waals surface area contributed by atoms with Gasteiger partial charge in [0.25, 0.3) is 0 Å². The summed E-state index contributed by atoms with van der Waals surface area (Å²) >= 11 is 0. The van der Waals surface area contributed by atoms with Crippen molar-refractivity contribution in [3.05, 3.63) is 125 Å². The van der Waals surface area contributed by atoms with E-state index in [9.17, 15) is 0 Å². The minimum atomic E-state index is 0.0707. The standard InChI is InChI=1S/C36H40N2/c1-3-4-5-6-7-14-23-36(2)34-24-30(37-26-28-15-10-8-11-16-28)19-21-32(34)33-22-20-31(25-35(33)36)38-27-29-17-12-9-13-18-29/h8-13,15-22,24-27,32,34H,3-7,14,23H2,1-2H3. The third kappa shape index (κ3) is 5.96. The van der Waals surface area contributed by atoms with Gasteiger partial charge in [-0.15, -0.1) is 0 Å². The lowest BCUT2D eigenvalue weighted by Crippen LogP contribution is -2.29. The zero-order chi connectivity index (χ0) is 26.2. The van der Waals surface area contributed by atoms with Crippen molar-refractivity contribution in [2.45, 2.75) is 70.1 Å². The van der Waals surface area contributed by atoms with Crippen LogP contribution in [0.15, 0.2) is 113 Å². The van der Waals surface area contributed by atoms with Crippen LogP contribution in [0, 0.1) is 5.92 Å². The van der Waals surface area contributed by atoms with Crippen LogP contribution in [0.3, 0.4) is 0 Å². The summed E-state index contributed by atoms with van der Waals surface area (Å²) in [5.74, 6) is 0.812. The van der Waals surface area contributed by atoms with Crippen molar-refractivity contribution in [3.63, 3.8) is 0 Å². The van der Waals surface area contributed by atoms with Gasteiger partial charge in [-0.05, 0) is 52.8 Å². The van der Waals surface area contributed by atoms with Crippen LogP contribution < -0.4 is 0 Å². The fraction of sp³-hybridized carbons (Fsp3) is 0.333. The normalized spacial score (nSPS) is 22.1. The van der Waals surface area contributed by atoms with Crippen molar-refractivity contribution in [2.24, 2.45) is 15.9 Å². The number of fused-ring (bicyclic) bond motifs is 3. The van der Waals surface area contributed by atoms with Crippen molar-refractivity contribution in [1.82, 2.24) is 0 Å². The van der Waals surface area contributed by atoms with E-state index in [-0.39, 0.29) is 5.41 Å². The molecular weight excluding hydrogens is 460 g/mol. The monoisotopic (exact) mass is 500 g/mol. The summed E-state index contributed by atoms with van der Waals surface area (Å²) in [6, 6.07) is 27.6. The molecule has 0 bridgehead atoms. The van der Waals surface area contributed by atoms with Gasteiger partial charge in [0.15, 0.2) is 0 Å². The second-order valence-corrected chi connectivity index (χ2v) is 11.0. The maximum Gasteiger partial charge on any atom is 0.0633 e. The molecular formula is C36H40N2. The maximum atomic E-state index is 4.88. The average Bonchev–Trinajstić information content (AvgIpc) is 3.21. The van der Waals surface area contributed by atoms with Gasteiger partial charge >= 0.3 is 0 Å². The molecule has 5 rings (SSSR count). The molecule has 3 atom stereocenters. The van der Waals surface area contributed by atoms with Crippen LogP contribution in [0.1, 0.15) is 87.0 Å². The van der Waals surface area contributed by atoms with Crippen molar-refractivity contribution in [2.75, 3.05) is 0 Å². The summed E-state index contributed by atoms with van der Waals surface area (Å²) in [4.78, 5) is 9.74. The largest absolute Gasteiger partial charge is 0.257 e. The molecule has 2 heteroatoms. The number of nitrogens with zero attached hydrogens (tertiary/aromatic N) is 2. The van der Waals surface area contributed by atoms with E-state index in [4.69, 9.17) is 9.98 Å². The summed E-state index contributed by atoms with van der Waals surface area (Å²) in [5.41, 5.74) is 7.37. The molecule has 0 fully saturated rings. The molecule has 3 unspecified atom stereocenters. The highest BCUT2D eigenvalue weighted by molar-refractivity contribution is 5.82. The summed E-state index contributed by atoms with van der Waals surface area (Å²) in [6.07, 6.45) is 20.1. The van der Waals surface area contributed by atoms with E-state index in [1.807, 2.05) is 24.6 Å². The predicted molar refractivity (Wildman–Crippen MR) is 163 cm³/mol. The van der Waals surface area contributed by atoms with E-state index < -0.39 is 0 Å². The van der Waals surface area contributed by atoms with Gasteiger partial charge in [0.05, 0.1) is 11.4 Å². The average molecular weight is 501 g/mol. The van der Waals surface area contributed by atoms with E-state index in [1.54, 1.807) is 0 Å². The molecule has 0 radical (unpaired) electrons. The number of allylic oxidation sites excluding steroid dienone is 3. The van der Waals surface area contributed by atoms with Crippen molar-refractivity contribution >= 4 is 18.1 Å². The first kappa shape index (κ1) is 26.1. The number of hydrogen-bond acceptors (Lipinski definition) is 2. The van der Waals surface area contributed by atoms with Crippen LogP contribution in [0.2, 0.25) is 0 Å². The van der Waals surface area contributed by atoms with Crippen LogP contribution in [0.25, 0.3) is 0 Å². The molecule has 38 heavy (non-hydrogen) atoms. The van der Waals surface area contributed by atoms with Gasteiger partial charge in [0.2, 0.25) is 0 Å². The van der Waals surface area contributed by atoms with Crippen LogP contribution >= 0.6 is 0 Å². The lowest BCUT2D eigenvalue weighted by atomic mass is 9.69. The molecule has 2 nitrogen and oxygen atoms in total. The topological polar surface area (TPSA) is 24.7 Å². The highest BCUT2D eigenvalue weighted by Crippen LogP contribution is 2.56. The van der Waals surface area contributed by atoms with Gasteiger partial charge in [0.1, 0.15) is 0 Å². The summed E-state index contributed by atoms with van der Waals surface area (Å²) in [6.45, 7) is 4.77. The molecule has 3 aromatic carbocycles. The zero-order valence-corrected chi connectivity index (χ0v) is 22.9. The summed E-state index contributed by atoms with van der Waals surface area (Å²) < 4.78 is 0. The molecule has 0 N–H and O–H groups in total. The van der Waals surface area contributed by atoms with Crippen LogP contribution in [-0.4, -0.2) is 12.4 Å². The molecule has 0 saturated heterocycles. The lowest BCUT2D eigenvalue weighted by molar-refractivity contribution is 0.320. The number of aliphatic imine (C=N–C) groups is 2. The second-order valence-electron chi connectivity index (χ2n) is 11.0. The number of hydrogen-bond donors (Lipinski definition) is 0. The zero-order valence-electron chi connectivity index (χ0n) is 22.9. The molecule has 3 aromatic rings. The Kier molecular flexibility index (Phi) is 8.48. The third-order valence-electron chi connectivity index (χ3n) is 8.33. The minimum Gasteiger partial charge on any atom is -0.257 e. The van der Waals surface area contributed by atoms with Crippen molar-refractivity contribution in [1.29, 1.82) is 0 Å². The molecule has 0 amide bonds. The molecule has 0 spiro atoms. The Morgan fingerprint density at radius 2 is 1.42 bits per heavy atom. The van der Waals surface area contributed by atoms with E-state index in [0.717, 1.165) is 22.5 Å². The lowest BCUT2D eigenvalue weighted by Gasteiger charge is -2.34. The van der Waals surface area contributed by atoms with Gasteiger partial charge in [-0.1, -0.05) is 131 Å². The minimum absolute atomic E-state index is 0.0707. The Bertz CT molecular complexity index is 1320. The Morgan fingerprint density at radius 3 is 2.13 bits per heavy atom. The second kappa shape index (κ2) is 12.3. The van der Waals surface area contributed by atoms with Crippen molar-refractivity contribution < 1.29 is 0 Å². The molecule has 194 valence electrons. The fourth-order valence-corrected chi connectivity index (χ4v) is 6.17. The molecule has 0 aromatic heterocycles. The van der Waals surface area contributed by atoms with E-state index in [2.05, 4.69) is 98.8 Å². The van der Waals surface area contributed by atoms with Crippen LogP contribution in [0.5, 0.6) is 0 Å². The Balaban J connectivity index is 1.42. The third-order valence-corrected chi connectivity index (χ3v) is 8.33. The van der Waals surface area contributed by atoms with Gasteiger partial charge in [-0.25, -0.2) is 0 Å². The molecule has 2 aliphatic rings. The summed E-state index contributed by atoms with van der Waals surface area (Å²) in [7, 11) is 0. The maximum absolute atomic E-state index is 4.88. The number of rotatable bonds is 11. The van der Waals surface area contributed by atoms with Gasteiger partial charge in [-0.3, -0.25) is 9.98 Å². The molecule has 0 aliphatic heterocycles. The number of unbranched alkanes of at least 4 members (excludes halogenated alkanes) is 5. The molecule has 0 saturated carbocycles. The van der Waals surface area contributed by atoms with Gasteiger partial charge < -0.3 is 0 Å². The highest BCUT2D eigenvalue weighted by Gasteiger charge is 2.47. The predicted octanol–water partition coefficient (Wildman–Crippen LogP) is 9.73. The summed E-state index contributed by atoms with van der Waals surface area (Å²) in [5, 5.41) is 0. The van der Waals surface area contributed by atoms with Gasteiger partial charge in [0, 0.05) is 23.8 Å². The molecule has 0 heterocycles. The number of benzene rings is 3. The first-order valence-electron chi connectivity index (χ1n) is 14.4. The fourth-order valence-electron chi connectivity index (χ4n) is 6.17. The quantitative estimate of drug-likeness (QED) is 0.185. The molecule has 2 aliphatic carbocycles. The van der Waals surface area contributed by atoms with E-state index in [0.29, 0.717) is 11.8 Å². The first-order chi connectivity index (χ1) is 18.7. The van der Waals surface area contributed by atoms with Crippen molar-refractivity contribution in [3.8, 4) is 0 Å². The highest BCUT2D eigenvalue weighted by atomic mass is 14.7. The Morgan fingerprint density at radius 1 is 0.763 bits per heavy atom. The van der Waals surface area contributed by atoms with E-state index in [1.165, 1.54) is 56.1 Å².